The lowest BCUT2D eigenvalue weighted by atomic mass is 9.85. The second-order valence-corrected chi connectivity index (χ2v) is 8.92. The van der Waals surface area contributed by atoms with Crippen LogP contribution in [0.3, 0.4) is 0 Å². The molecule has 3 rings (SSSR count). The fourth-order valence-corrected chi connectivity index (χ4v) is 4.63. The highest BCUT2D eigenvalue weighted by molar-refractivity contribution is 8.02. The lowest BCUT2D eigenvalue weighted by molar-refractivity contribution is 0.0855. The average molecular weight is 394 g/mol. The molecule has 2 fully saturated rings. The van der Waals surface area contributed by atoms with Gasteiger partial charge in [0.2, 0.25) is 5.62 Å². The SMILES string of the molecule is NC1CC(NC2CCN(S(=O)(=O)C=O)CC2)NCC1C(=O)c1ccccc1. The van der Waals surface area contributed by atoms with Gasteiger partial charge in [-0.15, -0.1) is 0 Å². The van der Waals surface area contributed by atoms with Gasteiger partial charge in [-0.3, -0.25) is 14.9 Å². The number of nitrogens with one attached hydrogen (secondary N) is 2. The van der Waals surface area contributed by atoms with Gasteiger partial charge in [-0.1, -0.05) is 30.3 Å². The summed E-state index contributed by atoms with van der Waals surface area (Å²) in [5, 5.41) is 6.82. The van der Waals surface area contributed by atoms with Gasteiger partial charge in [-0.05, 0) is 19.3 Å². The second-order valence-electron chi connectivity index (χ2n) is 7.18. The first-order chi connectivity index (χ1) is 12.9. The third-order valence-corrected chi connectivity index (χ3v) is 6.70. The van der Waals surface area contributed by atoms with Crippen LogP contribution in [-0.2, 0) is 14.8 Å². The molecule has 3 unspecified atom stereocenters. The zero-order valence-corrected chi connectivity index (χ0v) is 15.9. The van der Waals surface area contributed by atoms with Gasteiger partial charge in [-0.2, -0.15) is 4.31 Å². The number of Topliss-reactive ketones (excluding diaryl/α,β-unsaturated/α-hetero) is 1. The monoisotopic (exact) mass is 394 g/mol. The highest BCUT2D eigenvalue weighted by Gasteiger charge is 2.35. The summed E-state index contributed by atoms with van der Waals surface area (Å²) in [4.78, 5) is 23.3. The number of carbonyl (C=O) groups is 2. The number of rotatable bonds is 6. The molecule has 8 nitrogen and oxygen atoms in total. The highest BCUT2D eigenvalue weighted by atomic mass is 32.2. The van der Waals surface area contributed by atoms with E-state index >= 15 is 0 Å². The lowest BCUT2D eigenvalue weighted by Crippen LogP contribution is -2.60. The lowest BCUT2D eigenvalue weighted by Gasteiger charge is -2.38. The number of nitrogens with zero attached hydrogens (tertiary/aromatic N) is 1. The molecular weight excluding hydrogens is 368 g/mol. The van der Waals surface area contributed by atoms with Gasteiger partial charge in [0.25, 0.3) is 10.0 Å². The molecule has 0 spiro atoms. The number of hydrogen-bond donors (Lipinski definition) is 3. The largest absolute Gasteiger partial charge is 0.327 e. The summed E-state index contributed by atoms with van der Waals surface area (Å²) in [5.74, 6) is -0.202. The topological polar surface area (TPSA) is 122 Å². The van der Waals surface area contributed by atoms with Crippen molar-refractivity contribution in [1.82, 2.24) is 14.9 Å². The molecule has 27 heavy (non-hydrogen) atoms. The number of ketones is 1. The smallest absolute Gasteiger partial charge is 0.273 e. The van der Waals surface area contributed by atoms with Crippen LogP contribution in [0.2, 0.25) is 0 Å². The summed E-state index contributed by atoms with van der Waals surface area (Å²) in [7, 11) is -3.78. The Morgan fingerprint density at radius 1 is 1.22 bits per heavy atom. The standard InChI is InChI=1S/C18H26N4O4S/c19-16-10-17(20-11-15(16)18(24)13-4-2-1-3-5-13)21-14-6-8-22(9-7-14)27(25,26)12-23/h1-5,12,14-17,20-21H,6-11,19H2. The van der Waals surface area contributed by atoms with E-state index in [-0.39, 0.29) is 35.6 Å². The fourth-order valence-electron chi connectivity index (χ4n) is 3.79. The van der Waals surface area contributed by atoms with Gasteiger partial charge in [-0.25, -0.2) is 8.42 Å². The third-order valence-electron chi connectivity index (χ3n) is 5.38. The summed E-state index contributed by atoms with van der Waals surface area (Å²) in [6.07, 6.45) is 1.87. The van der Waals surface area contributed by atoms with E-state index in [0.29, 0.717) is 44.5 Å². The van der Waals surface area contributed by atoms with Crippen LogP contribution in [0.15, 0.2) is 30.3 Å². The van der Waals surface area contributed by atoms with Gasteiger partial charge >= 0.3 is 0 Å². The molecule has 148 valence electrons. The first-order valence-corrected chi connectivity index (χ1v) is 10.7. The maximum atomic E-state index is 12.6. The normalized spacial score (nSPS) is 28.0. The molecule has 2 heterocycles. The van der Waals surface area contributed by atoms with Gasteiger partial charge < -0.3 is 11.1 Å². The Balaban J connectivity index is 1.49. The number of benzene rings is 1. The zero-order chi connectivity index (χ0) is 19.4. The Morgan fingerprint density at radius 2 is 1.89 bits per heavy atom. The molecule has 1 aromatic rings. The maximum absolute atomic E-state index is 12.6. The van der Waals surface area contributed by atoms with Crippen molar-refractivity contribution in [1.29, 1.82) is 0 Å². The number of sulfonamides is 1. The second kappa shape index (κ2) is 8.57. The Labute approximate surface area is 159 Å². The summed E-state index contributed by atoms with van der Waals surface area (Å²) in [6.45, 7) is 1.16. The maximum Gasteiger partial charge on any atom is 0.273 e. The van der Waals surface area contributed by atoms with Gasteiger partial charge in [0.05, 0.1) is 12.1 Å². The molecule has 9 heteroatoms. The van der Waals surface area contributed by atoms with E-state index in [2.05, 4.69) is 10.6 Å². The Morgan fingerprint density at radius 3 is 2.48 bits per heavy atom. The zero-order valence-electron chi connectivity index (χ0n) is 15.1. The Bertz CT molecular complexity index is 763. The van der Waals surface area contributed by atoms with Crippen molar-refractivity contribution in [3.8, 4) is 0 Å². The number of hydrogen-bond acceptors (Lipinski definition) is 7. The van der Waals surface area contributed by atoms with Crippen molar-refractivity contribution in [2.24, 2.45) is 11.7 Å². The van der Waals surface area contributed by atoms with E-state index in [1.165, 1.54) is 4.31 Å². The summed E-state index contributed by atoms with van der Waals surface area (Å²) in [6, 6.07) is 9.08. The van der Waals surface area contributed by atoms with Crippen molar-refractivity contribution < 1.29 is 18.0 Å². The summed E-state index contributed by atoms with van der Waals surface area (Å²) in [5.41, 5.74) is 6.96. The molecule has 3 atom stereocenters. The van der Waals surface area contributed by atoms with Crippen molar-refractivity contribution in [2.75, 3.05) is 19.6 Å². The predicted octanol–water partition coefficient (Wildman–Crippen LogP) is -0.294. The van der Waals surface area contributed by atoms with Crippen LogP contribution in [0.4, 0.5) is 0 Å². The van der Waals surface area contributed by atoms with Crippen molar-refractivity contribution in [3.05, 3.63) is 35.9 Å². The van der Waals surface area contributed by atoms with E-state index in [9.17, 15) is 18.0 Å². The molecule has 0 aliphatic carbocycles. The van der Waals surface area contributed by atoms with Crippen LogP contribution < -0.4 is 16.4 Å². The van der Waals surface area contributed by atoms with E-state index in [0.717, 1.165) is 0 Å². The van der Waals surface area contributed by atoms with Crippen LogP contribution in [0.1, 0.15) is 29.6 Å². The van der Waals surface area contributed by atoms with E-state index in [1.807, 2.05) is 18.2 Å². The summed E-state index contributed by atoms with van der Waals surface area (Å²) >= 11 is 0. The fraction of sp³-hybridized carbons (Fsp3) is 0.556. The molecular formula is C18H26N4O4S. The minimum Gasteiger partial charge on any atom is -0.327 e. The molecule has 0 amide bonds. The number of nitrogens with two attached hydrogens (primary N) is 1. The Kier molecular flexibility index (Phi) is 6.38. The van der Waals surface area contributed by atoms with E-state index in [1.54, 1.807) is 12.1 Å². The molecule has 0 bridgehead atoms. The molecule has 1 aromatic carbocycles. The van der Waals surface area contributed by atoms with Crippen molar-refractivity contribution in [2.45, 2.75) is 37.5 Å². The van der Waals surface area contributed by atoms with E-state index in [4.69, 9.17) is 5.73 Å². The number of piperidine rings is 2. The third kappa shape index (κ3) is 4.80. The van der Waals surface area contributed by atoms with Crippen LogP contribution in [0.25, 0.3) is 0 Å². The molecule has 0 aromatic heterocycles. The number of carbonyl (C=O) groups excluding carboxylic acids is 2. The van der Waals surface area contributed by atoms with E-state index < -0.39 is 10.0 Å². The molecule has 4 N–H and O–H groups in total. The predicted molar refractivity (Wildman–Crippen MR) is 102 cm³/mol. The van der Waals surface area contributed by atoms with Crippen LogP contribution in [-0.4, -0.2) is 62.0 Å². The minimum atomic E-state index is -3.78. The quantitative estimate of drug-likeness (QED) is 0.448. The Hall–Kier alpha value is -1.65. The average Bonchev–Trinajstić information content (AvgIpc) is 2.69. The molecule has 0 saturated carbocycles. The summed E-state index contributed by atoms with van der Waals surface area (Å²) < 4.78 is 24.4. The van der Waals surface area contributed by atoms with Crippen LogP contribution in [0.5, 0.6) is 0 Å². The molecule has 2 aliphatic rings. The van der Waals surface area contributed by atoms with Crippen molar-refractivity contribution in [3.63, 3.8) is 0 Å². The first-order valence-electron chi connectivity index (χ1n) is 9.20. The highest BCUT2D eigenvalue weighted by Crippen LogP contribution is 2.20. The molecule has 2 aliphatic heterocycles. The first kappa shape index (κ1) is 20.1. The molecule has 0 radical (unpaired) electrons. The van der Waals surface area contributed by atoms with Crippen LogP contribution >= 0.6 is 0 Å². The van der Waals surface area contributed by atoms with Crippen LogP contribution in [0, 0.1) is 5.92 Å². The van der Waals surface area contributed by atoms with Gasteiger partial charge in [0.15, 0.2) is 5.78 Å². The van der Waals surface area contributed by atoms with Crippen molar-refractivity contribution >= 4 is 21.4 Å². The molecule has 2 saturated heterocycles. The van der Waals surface area contributed by atoms with Gasteiger partial charge in [0, 0.05) is 37.3 Å². The minimum absolute atomic E-state index is 0.00630. The van der Waals surface area contributed by atoms with Gasteiger partial charge in [0.1, 0.15) is 0 Å².